The van der Waals surface area contributed by atoms with Crippen LogP contribution in [0.3, 0.4) is 0 Å². The highest BCUT2D eigenvalue weighted by Crippen LogP contribution is 2.25. The summed E-state index contributed by atoms with van der Waals surface area (Å²) in [7, 11) is 0. The maximum atomic E-state index is 3.60. The van der Waals surface area contributed by atoms with Gasteiger partial charge in [0.05, 0.1) is 0 Å². The summed E-state index contributed by atoms with van der Waals surface area (Å²) in [5.41, 5.74) is 1.45. The van der Waals surface area contributed by atoms with E-state index in [1.54, 1.807) is 0 Å². The van der Waals surface area contributed by atoms with Crippen molar-refractivity contribution in [2.75, 3.05) is 13.1 Å². The van der Waals surface area contributed by atoms with Crippen LogP contribution in [0.1, 0.15) is 38.8 Å². The average Bonchev–Trinajstić information content (AvgIpc) is 2.30. The zero-order chi connectivity index (χ0) is 12.3. The molecular weight excluding hydrogens is 208 g/mol. The molecule has 2 nitrogen and oxygen atoms in total. The van der Waals surface area contributed by atoms with E-state index < -0.39 is 0 Å². The van der Waals surface area contributed by atoms with Crippen LogP contribution in [0.15, 0.2) is 30.3 Å². The third-order valence-corrected chi connectivity index (χ3v) is 3.60. The molecule has 0 amide bonds. The van der Waals surface area contributed by atoms with Crippen molar-refractivity contribution < 1.29 is 0 Å². The van der Waals surface area contributed by atoms with Crippen LogP contribution < -0.4 is 5.32 Å². The Morgan fingerprint density at radius 3 is 2.29 bits per heavy atom. The normalized spacial score (nSPS) is 27.9. The first-order chi connectivity index (χ1) is 8.20. The monoisotopic (exact) mass is 232 g/mol. The summed E-state index contributed by atoms with van der Waals surface area (Å²) in [6, 6.07) is 12.7. The highest BCUT2D eigenvalue weighted by atomic mass is 15.2. The lowest BCUT2D eigenvalue weighted by molar-refractivity contribution is 0.119. The minimum atomic E-state index is 0.572. The van der Waals surface area contributed by atoms with E-state index in [9.17, 15) is 0 Å². The quantitative estimate of drug-likeness (QED) is 0.862. The summed E-state index contributed by atoms with van der Waals surface area (Å²) in [6.45, 7) is 9.14. The van der Waals surface area contributed by atoms with Gasteiger partial charge in [-0.05, 0) is 25.8 Å². The molecule has 1 aromatic rings. The molecule has 0 saturated carbocycles. The van der Waals surface area contributed by atoms with Crippen molar-refractivity contribution in [3.63, 3.8) is 0 Å². The Balaban J connectivity index is 2.13. The number of rotatable bonds is 3. The Morgan fingerprint density at radius 2 is 1.76 bits per heavy atom. The first kappa shape index (κ1) is 12.6. The number of hydrogen-bond acceptors (Lipinski definition) is 2. The smallest absolute Gasteiger partial charge is 0.0346 e. The SMILES string of the molecule is CCC(c1ccccc1)N1CC(C)NC(C)C1. The van der Waals surface area contributed by atoms with Crippen molar-refractivity contribution in [1.82, 2.24) is 10.2 Å². The van der Waals surface area contributed by atoms with Crippen LogP contribution in [-0.4, -0.2) is 30.1 Å². The summed E-state index contributed by atoms with van der Waals surface area (Å²) in [4.78, 5) is 2.63. The number of nitrogens with one attached hydrogen (secondary N) is 1. The molecule has 0 bridgehead atoms. The molecule has 1 aliphatic heterocycles. The predicted molar refractivity (Wildman–Crippen MR) is 73.1 cm³/mol. The lowest BCUT2D eigenvalue weighted by Crippen LogP contribution is -2.54. The second-order valence-electron chi connectivity index (χ2n) is 5.26. The number of piperazine rings is 1. The second-order valence-corrected chi connectivity index (χ2v) is 5.26. The van der Waals surface area contributed by atoms with Crippen molar-refractivity contribution in [1.29, 1.82) is 0 Å². The fourth-order valence-corrected chi connectivity index (χ4v) is 3.00. The van der Waals surface area contributed by atoms with Crippen molar-refractivity contribution in [2.45, 2.75) is 45.3 Å². The third kappa shape index (κ3) is 3.08. The van der Waals surface area contributed by atoms with Crippen LogP contribution in [0.2, 0.25) is 0 Å². The molecule has 0 aromatic heterocycles. The van der Waals surface area contributed by atoms with Crippen LogP contribution in [0.4, 0.5) is 0 Å². The van der Waals surface area contributed by atoms with Gasteiger partial charge >= 0.3 is 0 Å². The van der Waals surface area contributed by atoms with Gasteiger partial charge in [0.2, 0.25) is 0 Å². The Bertz CT molecular complexity index is 326. The summed E-state index contributed by atoms with van der Waals surface area (Å²) >= 11 is 0. The van der Waals surface area contributed by atoms with E-state index in [2.05, 4.69) is 61.3 Å². The minimum Gasteiger partial charge on any atom is -0.309 e. The molecule has 1 heterocycles. The van der Waals surface area contributed by atoms with E-state index in [1.165, 1.54) is 12.0 Å². The lowest BCUT2D eigenvalue weighted by atomic mass is 10.00. The van der Waals surface area contributed by atoms with E-state index in [1.807, 2.05) is 0 Å². The summed E-state index contributed by atoms with van der Waals surface area (Å²) in [5, 5.41) is 3.60. The van der Waals surface area contributed by atoms with Gasteiger partial charge in [0.15, 0.2) is 0 Å². The second kappa shape index (κ2) is 5.65. The van der Waals surface area contributed by atoms with Gasteiger partial charge in [-0.2, -0.15) is 0 Å². The van der Waals surface area contributed by atoms with Crippen LogP contribution >= 0.6 is 0 Å². The molecule has 1 saturated heterocycles. The maximum absolute atomic E-state index is 3.60. The number of hydrogen-bond donors (Lipinski definition) is 1. The summed E-state index contributed by atoms with van der Waals surface area (Å²) in [5.74, 6) is 0. The van der Waals surface area contributed by atoms with Crippen molar-refractivity contribution in [3.05, 3.63) is 35.9 Å². The van der Waals surface area contributed by atoms with E-state index in [-0.39, 0.29) is 0 Å². The topological polar surface area (TPSA) is 15.3 Å². The number of nitrogens with zero attached hydrogens (tertiary/aromatic N) is 1. The van der Waals surface area contributed by atoms with Crippen LogP contribution in [0.25, 0.3) is 0 Å². The summed E-state index contributed by atoms with van der Waals surface area (Å²) < 4.78 is 0. The highest BCUT2D eigenvalue weighted by molar-refractivity contribution is 5.19. The molecule has 1 aliphatic rings. The van der Waals surface area contributed by atoms with Crippen molar-refractivity contribution in [2.24, 2.45) is 0 Å². The van der Waals surface area contributed by atoms with Gasteiger partial charge < -0.3 is 5.32 Å². The Labute approximate surface area is 105 Å². The molecule has 2 rings (SSSR count). The van der Waals surface area contributed by atoms with Crippen LogP contribution in [0.5, 0.6) is 0 Å². The van der Waals surface area contributed by atoms with Gasteiger partial charge in [0, 0.05) is 31.2 Å². The van der Waals surface area contributed by atoms with Gasteiger partial charge in [-0.3, -0.25) is 4.90 Å². The Morgan fingerprint density at radius 1 is 1.18 bits per heavy atom. The highest BCUT2D eigenvalue weighted by Gasteiger charge is 2.26. The van der Waals surface area contributed by atoms with Crippen molar-refractivity contribution in [3.8, 4) is 0 Å². The molecule has 0 spiro atoms. The van der Waals surface area contributed by atoms with Crippen LogP contribution in [-0.2, 0) is 0 Å². The third-order valence-electron chi connectivity index (χ3n) is 3.60. The first-order valence-electron chi connectivity index (χ1n) is 6.75. The molecule has 1 N–H and O–H groups in total. The fraction of sp³-hybridized carbons (Fsp3) is 0.600. The molecule has 2 heteroatoms. The Hall–Kier alpha value is -0.860. The molecule has 17 heavy (non-hydrogen) atoms. The van der Waals surface area contributed by atoms with E-state index in [0.717, 1.165) is 13.1 Å². The molecule has 1 fully saturated rings. The van der Waals surface area contributed by atoms with Gasteiger partial charge in [-0.1, -0.05) is 37.3 Å². The lowest BCUT2D eigenvalue weighted by Gasteiger charge is -2.41. The van der Waals surface area contributed by atoms with Gasteiger partial charge in [0.25, 0.3) is 0 Å². The fourth-order valence-electron chi connectivity index (χ4n) is 3.00. The van der Waals surface area contributed by atoms with Crippen LogP contribution in [0, 0.1) is 0 Å². The Kier molecular flexibility index (Phi) is 4.19. The molecule has 0 aliphatic carbocycles. The van der Waals surface area contributed by atoms with Crippen molar-refractivity contribution >= 4 is 0 Å². The minimum absolute atomic E-state index is 0.572. The summed E-state index contributed by atoms with van der Waals surface area (Å²) in [6.07, 6.45) is 1.18. The molecular formula is C15H24N2. The zero-order valence-corrected chi connectivity index (χ0v) is 11.2. The largest absolute Gasteiger partial charge is 0.309 e. The van der Waals surface area contributed by atoms with E-state index in [0.29, 0.717) is 18.1 Å². The van der Waals surface area contributed by atoms with E-state index >= 15 is 0 Å². The number of benzene rings is 1. The predicted octanol–water partition coefficient (Wildman–Crippen LogP) is 2.82. The van der Waals surface area contributed by atoms with Gasteiger partial charge in [-0.15, -0.1) is 0 Å². The average molecular weight is 232 g/mol. The van der Waals surface area contributed by atoms with Gasteiger partial charge in [-0.25, -0.2) is 0 Å². The molecule has 3 unspecified atom stereocenters. The molecule has 0 radical (unpaired) electrons. The molecule has 1 aromatic carbocycles. The standard InChI is InChI=1S/C15H24N2/c1-4-15(14-8-6-5-7-9-14)17-10-12(2)16-13(3)11-17/h5-9,12-13,15-16H,4,10-11H2,1-3H3. The molecule has 3 atom stereocenters. The maximum Gasteiger partial charge on any atom is 0.0346 e. The van der Waals surface area contributed by atoms with E-state index in [4.69, 9.17) is 0 Å². The zero-order valence-electron chi connectivity index (χ0n) is 11.2. The first-order valence-corrected chi connectivity index (χ1v) is 6.75. The molecule has 94 valence electrons. The van der Waals surface area contributed by atoms with Gasteiger partial charge in [0.1, 0.15) is 0 Å².